The highest BCUT2D eigenvalue weighted by Gasteiger charge is 2.16. The lowest BCUT2D eigenvalue weighted by Gasteiger charge is -2.34. The van der Waals surface area contributed by atoms with Crippen molar-refractivity contribution in [1.82, 2.24) is 24.8 Å². The Balaban J connectivity index is 1.31. The molecule has 7 nitrogen and oxygen atoms in total. The van der Waals surface area contributed by atoms with Gasteiger partial charge in [0.15, 0.2) is 0 Å². The van der Waals surface area contributed by atoms with E-state index in [1.807, 2.05) is 0 Å². The predicted molar refractivity (Wildman–Crippen MR) is 145 cm³/mol. The van der Waals surface area contributed by atoms with Gasteiger partial charge < -0.3 is 24.7 Å². The molecular weight excluding hydrogens is 434 g/mol. The van der Waals surface area contributed by atoms with Gasteiger partial charge in [-0.2, -0.15) is 0 Å². The Hall–Kier alpha value is -3.84. The molecule has 3 aromatic carbocycles. The molecule has 178 valence electrons. The molecule has 2 aromatic heterocycles. The minimum atomic E-state index is 0.875. The Kier molecular flexibility index (Phi) is 5.22. The molecule has 5 aromatic rings. The Morgan fingerprint density at radius 3 is 2.00 bits per heavy atom. The first-order valence-electron chi connectivity index (χ1n) is 12.2. The molecule has 2 N–H and O–H groups in total. The first-order chi connectivity index (χ1) is 16.9. The normalized spacial score (nSPS) is 14.8. The molecule has 0 unspecified atom stereocenters. The van der Waals surface area contributed by atoms with Crippen molar-refractivity contribution in [3.8, 4) is 22.8 Å². The Labute approximate surface area is 205 Å². The summed E-state index contributed by atoms with van der Waals surface area (Å²) in [5.74, 6) is 1.76. The number of H-pyrrole nitrogens is 2. The molecule has 0 saturated carbocycles. The molecule has 0 bridgehead atoms. The number of hydrogen-bond donors (Lipinski definition) is 2. The SMILES string of the molecule is Cc1cc(-c2nc3ccc(-c4nc5ccc(N6CCN(C)CC6)cc5[nH]4)cc3[nH]2)ccc1N(C)C. The van der Waals surface area contributed by atoms with Crippen LogP contribution in [0.15, 0.2) is 54.6 Å². The number of rotatable bonds is 4. The average molecular weight is 466 g/mol. The van der Waals surface area contributed by atoms with E-state index >= 15 is 0 Å². The maximum atomic E-state index is 4.87. The number of piperazine rings is 1. The van der Waals surface area contributed by atoms with Crippen LogP contribution in [0.5, 0.6) is 0 Å². The van der Waals surface area contributed by atoms with E-state index in [4.69, 9.17) is 9.97 Å². The number of aromatic nitrogens is 4. The van der Waals surface area contributed by atoms with Crippen molar-refractivity contribution in [1.29, 1.82) is 0 Å². The van der Waals surface area contributed by atoms with Crippen molar-refractivity contribution >= 4 is 33.4 Å². The van der Waals surface area contributed by atoms with Crippen LogP contribution in [0.1, 0.15) is 5.56 Å². The largest absolute Gasteiger partial charge is 0.377 e. The summed E-state index contributed by atoms with van der Waals surface area (Å²) < 4.78 is 0. The van der Waals surface area contributed by atoms with Crippen LogP contribution < -0.4 is 9.80 Å². The fourth-order valence-electron chi connectivity index (χ4n) is 4.99. The summed E-state index contributed by atoms with van der Waals surface area (Å²) in [6.45, 7) is 6.43. The minimum absolute atomic E-state index is 0.875. The van der Waals surface area contributed by atoms with E-state index in [0.717, 1.165) is 71.0 Å². The third kappa shape index (κ3) is 4.02. The molecule has 7 heteroatoms. The summed E-state index contributed by atoms with van der Waals surface area (Å²) >= 11 is 0. The number of nitrogens with one attached hydrogen (secondary N) is 2. The Morgan fingerprint density at radius 2 is 1.34 bits per heavy atom. The minimum Gasteiger partial charge on any atom is -0.377 e. The van der Waals surface area contributed by atoms with Gasteiger partial charge in [-0.1, -0.05) is 0 Å². The van der Waals surface area contributed by atoms with E-state index in [-0.39, 0.29) is 0 Å². The second kappa shape index (κ2) is 8.43. The molecule has 0 radical (unpaired) electrons. The molecule has 0 amide bonds. The zero-order valence-corrected chi connectivity index (χ0v) is 20.8. The zero-order chi connectivity index (χ0) is 24.1. The lowest BCUT2D eigenvalue weighted by atomic mass is 10.1. The topological polar surface area (TPSA) is 67.1 Å². The number of nitrogens with zero attached hydrogens (tertiary/aromatic N) is 5. The molecular formula is C28H31N7. The number of aryl methyl sites for hydroxylation is 1. The van der Waals surface area contributed by atoms with Crippen molar-refractivity contribution in [3.63, 3.8) is 0 Å². The summed E-state index contributed by atoms with van der Waals surface area (Å²) in [6.07, 6.45) is 0. The first kappa shape index (κ1) is 21.7. The number of likely N-dealkylation sites (N-methyl/N-ethyl adjacent to an activating group) is 1. The van der Waals surface area contributed by atoms with E-state index in [2.05, 4.69) is 107 Å². The summed E-state index contributed by atoms with van der Waals surface area (Å²) in [4.78, 5) is 23.7. The van der Waals surface area contributed by atoms with Gasteiger partial charge in [0.1, 0.15) is 11.6 Å². The van der Waals surface area contributed by atoms with Crippen molar-refractivity contribution in [3.05, 3.63) is 60.2 Å². The highest BCUT2D eigenvalue weighted by atomic mass is 15.2. The first-order valence-corrected chi connectivity index (χ1v) is 12.2. The van der Waals surface area contributed by atoms with Crippen LogP contribution in [0.3, 0.4) is 0 Å². The summed E-state index contributed by atoms with van der Waals surface area (Å²) in [5.41, 5.74) is 9.84. The van der Waals surface area contributed by atoms with Crippen LogP contribution in [0.25, 0.3) is 44.8 Å². The molecule has 3 heterocycles. The third-order valence-corrected chi connectivity index (χ3v) is 7.04. The van der Waals surface area contributed by atoms with Gasteiger partial charge in [0.05, 0.1) is 22.1 Å². The number of imidazole rings is 2. The number of aromatic amines is 2. The Morgan fingerprint density at radius 1 is 0.743 bits per heavy atom. The molecule has 1 aliphatic rings. The van der Waals surface area contributed by atoms with Crippen LogP contribution in [-0.4, -0.2) is 72.2 Å². The van der Waals surface area contributed by atoms with E-state index in [9.17, 15) is 0 Å². The number of fused-ring (bicyclic) bond motifs is 2. The van der Waals surface area contributed by atoms with E-state index in [1.54, 1.807) is 0 Å². The summed E-state index contributed by atoms with van der Waals surface area (Å²) in [5, 5.41) is 0. The second-order valence-electron chi connectivity index (χ2n) is 9.79. The quantitative estimate of drug-likeness (QED) is 0.395. The molecule has 0 atom stereocenters. The van der Waals surface area contributed by atoms with Gasteiger partial charge in [0.2, 0.25) is 0 Å². The Bertz CT molecular complexity index is 1520. The van der Waals surface area contributed by atoms with Gasteiger partial charge in [-0.3, -0.25) is 0 Å². The average Bonchev–Trinajstić information content (AvgIpc) is 3.47. The fourth-order valence-corrected chi connectivity index (χ4v) is 4.99. The van der Waals surface area contributed by atoms with Gasteiger partial charge in [-0.05, 0) is 74.1 Å². The molecule has 6 rings (SSSR count). The van der Waals surface area contributed by atoms with E-state index < -0.39 is 0 Å². The smallest absolute Gasteiger partial charge is 0.138 e. The molecule has 1 fully saturated rings. The summed E-state index contributed by atoms with van der Waals surface area (Å²) in [6, 6.07) is 19.3. The van der Waals surface area contributed by atoms with E-state index in [1.165, 1.54) is 16.9 Å². The summed E-state index contributed by atoms with van der Waals surface area (Å²) in [7, 11) is 6.31. The molecule has 0 spiro atoms. The third-order valence-electron chi connectivity index (χ3n) is 7.04. The lowest BCUT2D eigenvalue weighted by molar-refractivity contribution is 0.313. The molecule has 35 heavy (non-hydrogen) atoms. The van der Waals surface area contributed by atoms with Crippen molar-refractivity contribution in [2.24, 2.45) is 0 Å². The lowest BCUT2D eigenvalue weighted by Crippen LogP contribution is -2.44. The number of benzene rings is 3. The number of anilines is 2. The van der Waals surface area contributed by atoms with Crippen LogP contribution in [0, 0.1) is 6.92 Å². The molecule has 0 aliphatic carbocycles. The zero-order valence-electron chi connectivity index (χ0n) is 20.8. The van der Waals surface area contributed by atoms with Gasteiger partial charge in [0.25, 0.3) is 0 Å². The maximum Gasteiger partial charge on any atom is 0.138 e. The van der Waals surface area contributed by atoms with Crippen molar-refractivity contribution in [2.45, 2.75) is 6.92 Å². The second-order valence-corrected chi connectivity index (χ2v) is 9.79. The van der Waals surface area contributed by atoms with Gasteiger partial charge in [-0.25, -0.2) is 9.97 Å². The van der Waals surface area contributed by atoms with Gasteiger partial charge in [0, 0.05) is 62.8 Å². The highest BCUT2D eigenvalue weighted by Crippen LogP contribution is 2.29. The van der Waals surface area contributed by atoms with Crippen LogP contribution in [0.4, 0.5) is 11.4 Å². The van der Waals surface area contributed by atoms with Gasteiger partial charge >= 0.3 is 0 Å². The van der Waals surface area contributed by atoms with Crippen molar-refractivity contribution < 1.29 is 0 Å². The van der Waals surface area contributed by atoms with E-state index in [0.29, 0.717) is 0 Å². The predicted octanol–water partition coefficient (Wildman–Crippen LogP) is 4.90. The van der Waals surface area contributed by atoms with Crippen molar-refractivity contribution in [2.75, 3.05) is 57.1 Å². The van der Waals surface area contributed by atoms with Gasteiger partial charge in [-0.15, -0.1) is 0 Å². The monoisotopic (exact) mass is 465 g/mol. The molecule has 1 saturated heterocycles. The van der Waals surface area contributed by atoms with Crippen LogP contribution in [0.2, 0.25) is 0 Å². The molecule has 1 aliphatic heterocycles. The van der Waals surface area contributed by atoms with Crippen LogP contribution >= 0.6 is 0 Å². The fraction of sp³-hybridized carbons (Fsp3) is 0.286. The van der Waals surface area contributed by atoms with Crippen LogP contribution in [-0.2, 0) is 0 Å². The maximum absolute atomic E-state index is 4.87. The number of hydrogen-bond acceptors (Lipinski definition) is 5. The highest BCUT2D eigenvalue weighted by molar-refractivity contribution is 5.87. The standard InChI is InChI=1S/C28H31N7/c1-18-15-19(6-10-26(18)33(2)3)27-29-22-8-5-20(16-24(22)31-27)28-30-23-9-7-21(17-25(23)32-28)35-13-11-34(4)12-14-35/h5-10,15-17H,11-14H2,1-4H3,(H,29,31)(H,30,32).